The van der Waals surface area contributed by atoms with Crippen molar-refractivity contribution in [1.82, 2.24) is 0 Å². The van der Waals surface area contributed by atoms with E-state index in [-0.39, 0.29) is 34.8 Å². The summed E-state index contributed by atoms with van der Waals surface area (Å²) in [5, 5.41) is 71.5. The Morgan fingerprint density at radius 1 is 1.03 bits per heavy atom. The minimum atomic E-state index is -1.71. The highest BCUT2D eigenvalue weighted by atomic mass is 16.7. The number of aliphatic hydroxyl groups is 5. The smallest absolute Gasteiger partial charge is 0.229 e. The zero-order valence-electron chi connectivity index (χ0n) is 20.2. The second kappa shape index (κ2) is 10.7. The molecule has 11 nitrogen and oxygen atoms in total. The fraction of sp³-hybridized carbons (Fsp3) is 0.423. The predicted octanol–water partition coefficient (Wildman–Crippen LogP) is 0.462. The molecule has 2 aliphatic heterocycles. The van der Waals surface area contributed by atoms with Crippen LogP contribution in [0.2, 0.25) is 0 Å². The van der Waals surface area contributed by atoms with Gasteiger partial charge in [-0.2, -0.15) is 0 Å². The molecule has 4 rings (SSSR count). The van der Waals surface area contributed by atoms with Crippen LogP contribution in [0.5, 0.6) is 23.0 Å². The summed E-state index contributed by atoms with van der Waals surface area (Å²) < 4.78 is 17.2. The zero-order valence-corrected chi connectivity index (χ0v) is 20.2. The van der Waals surface area contributed by atoms with Gasteiger partial charge in [0.05, 0.1) is 6.61 Å². The maximum absolute atomic E-state index is 13.1. The number of hydrogen-bond acceptors (Lipinski definition) is 11. The summed E-state index contributed by atoms with van der Waals surface area (Å²) in [6, 6.07) is 7.02. The van der Waals surface area contributed by atoms with Gasteiger partial charge in [0.1, 0.15) is 53.0 Å². The molecule has 7 N–H and O–H groups in total. The molecule has 0 amide bonds. The molecular weight excluding hydrogens is 488 g/mol. The minimum absolute atomic E-state index is 0.0162. The summed E-state index contributed by atoms with van der Waals surface area (Å²) in [4.78, 5) is 13.1. The van der Waals surface area contributed by atoms with Crippen molar-refractivity contribution in [2.45, 2.75) is 63.2 Å². The number of aliphatic hydroxyl groups excluding tert-OH is 5. The first-order valence-corrected chi connectivity index (χ1v) is 11.7. The van der Waals surface area contributed by atoms with Gasteiger partial charge in [-0.1, -0.05) is 23.8 Å². The Hall–Kier alpha value is -3.19. The van der Waals surface area contributed by atoms with E-state index < -0.39 is 61.1 Å². The fourth-order valence-corrected chi connectivity index (χ4v) is 4.29. The maximum Gasteiger partial charge on any atom is 0.229 e. The predicted molar refractivity (Wildman–Crippen MR) is 127 cm³/mol. The molecule has 0 saturated carbocycles. The van der Waals surface area contributed by atoms with E-state index in [0.717, 1.165) is 5.57 Å². The van der Waals surface area contributed by atoms with Gasteiger partial charge < -0.3 is 50.0 Å². The highest BCUT2D eigenvalue weighted by Gasteiger charge is 2.46. The van der Waals surface area contributed by atoms with Crippen LogP contribution in [0.4, 0.5) is 0 Å². The topological polar surface area (TPSA) is 186 Å². The lowest BCUT2D eigenvalue weighted by Crippen LogP contribution is -2.60. The van der Waals surface area contributed by atoms with E-state index in [4.69, 9.17) is 14.2 Å². The molecule has 2 aromatic carbocycles. The molecule has 1 saturated heterocycles. The van der Waals surface area contributed by atoms with Crippen LogP contribution in [0.25, 0.3) is 0 Å². The number of ketones is 1. The van der Waals surface area contributed by atoms with Crippen LogP contribution in [0, 0.1) is 0 Å². The van der Waals surface area contributed by atoms with Gasteiger partial charge in [-0.25, -0.2) is 0 Å². The Morgan fingerprint density at radius 3 is 2.32 bits per heavy atom. The van der Waals surface area contributed by atoms with Crippen LogP contribution in [0.15, 0.2) is 42.0 Å². The molecule has 1 fully saturated rings. The SMILES string of the molecule is CC(C)=CCc1c(O[C@@H]2O[C@@H](CO)[C@@H](O)[C@@H](O)[C@H]2O)cc2c(c1O)C(=O)[C@H](O)[C@@H](c1ccc(O)cc1)O2. The lowest BCUT2D eigenvalue weighted by molar-refractivity contribution is -0.277. The third-order valence-electron chi connectivity index (χ3n) is 6.41. The van der Waals surface area contributed by atoms with E-state index in [1.54, 1.807) is 6.08 Å². The summed E-state index contributed by atoms with van der Waals surface area (Å²) in [6.07, 6.45) is -8.68. The van der Waals surface area contributed by atoms with E-state index >= 15 is 0 Å². The number of rotatable bonds is 6. The Balaban J connectivity index is 1.77. The van der Waals surface area contributed by atoms with Crippen LogP contribution in [0.3, 0.4) is 0 Å². The lowest BCUT2D eigenvalue weighted by Gasteiger charge is -2.40. The minimum Gasteiger partial charge on any atom is -0.508 e. The molecule has 0 unspecified atom stereocenters. The third kappa shape index (κ3) is 5.14. The van der Waals surface area contributed by atoms with Crippen LogP contribution >= 0.6 is 0 Å². The van der Waals surface area contributed by atoms with E-state index in [2.05, 4.69) is 0 Å². The highest BCUT2D eigenvalue weighted by molar-refractivity contribution is 6.06. The molecule has 7 atom stereocenters. The molecule has 0 radical (unpaired) electrons. The Morgan fingerprint density at radius 2 is 1.70 bits per heavy atom. The van der Waals surface area contributed by atoms with Gasteiger partial charge in [0.15, 0.2) is 12.2 Å². The van der Waals surface area contributed by atoms with Crippen molar-refractivity contribution in [2.75, 3.05) is 6.61 Å². The first kappa shape index (κ1) is 26.9. The first-order chi connectivity index (χ1) is 17.5. The van der Waals surface area contributed by atoms with Gasteiger partial charge >= 0.3 is 0 Å². The molecule has 0 bridgehead atoms. The largest absolute Gasteiger partial charge is 0.508 e. The molecule has 2 aliphatic rings. The summed E-state index contributed by atoms with van der Waals surface area (Å²) in [7, 11) is 0. The highest BCUT2D eigenvalue weighted by Crippen LogP contribution is 2.46. The normalized spacial score (nSPS) is 29.3. The Bertz CT molecular complexity index is 1170. The third-order valence-corrected chi connectivity index (χ3v) is 6.41. The number of hydrogen-bond donors (Lipinski definition) is 7. The number of phenols is 2. The number of phenolic OH excluding ortho intramolecular Hbond substituents is 2. The quantitative estimate of drug-likeness (QED) is 0.263. The van der Waals surface area contributed by atoms with E-state index in [0.29, 0.717) is 5.56 Å². The summed E-state index contributed by atoms with van der Waals surface area (Å²) >= 11 is 0. The molecule has 0 aromatic heterocycles. The second-order valence-corrected chi connectivity index (χ2v) is 9.31. The average Bonchev–Trinajstić information content (AvgIpc) is 2.86. The molecule has 37 heavy (non-hydrogen) atoms. The van der Waals surface area contributed by atoms with Crippen LogP contribution in [-0.2, 0) is 11.2 Å². The van der Waals surface area contributed by atoms with Crippen molar-refractivity contribution in [3.63, 3.8) is 0 Å². The number of fused-ring (bicyclic) bond motifs is 1. The van der Waals surface area contributed by atoms with Crippen molar-refractivity contribution in [3.05, 3.63) is 58.7 Å². The molecule has 0 aliphatic carbocycles. The van der Waals surface area contributed by atoms with Crippen molar-refractivity contribution < 1.29 is 54.8 Å². The molecular formula is C26H30O11. The number of ether oxygens (including phenoxy) is 3. The standard InChI is InChI=1S/C26H30O11/c1-11(2)3-8-14-15(36-26-24(34)22(32)20(30)17(10-27)37-26)9-16-18(19(14)29)21(31)23(33)25(35-16)12-4-6-13(28)7-5-12/h3-7,9,17,20,22-30,32-34H,8,10H2,1-2H3/t17-,20+,22+,23-,24+,25+,26+/m0/s1. The van der Waals surface area contributed by atoms with Gasteiger partial charge in [0, 0.05) is 11.6 Å². The molecule has 11 heteroatoms. The first-order valence-electron chi connectivity index (χ1n) is 11.7. The molecule has 0 spiro atoms. The summed E-state index contributed by atoms with van der Waals surface area (Å²) in [5.74, 6) is -1.45. The number of Topliss-reactive ketones (excluding diaryl/α,β-unsaturated/α-hetero) is 1. The van der Waals surface area contributed by atoms with Crippen LogP contribution in [-0.4, -0.2) is 84.9 Å². The molecule has 200 valence electrons. The maximum atomic E-state index is 13.1. The van der Waals surface area contributed by atoms with Crippen molar-refractivity contribution in [2.24, 2.45) is 0 Å². The Labute approximate surface area is 212 Å². The number of carbonyl (C=O) groups is 1. The summed E-state index contributed by atoms with van der Waals surface area (Å²) in [5.41, 5.74) is 1.17. The number of carbonyl (C=O) groups excluding carboxylic acids is 1. The van der Waals surface area contributed by atoms with Crippen molar-refractivity contribution in [3.8, 4) is 23.0 Å². The Kier molecular flexibility index (Phi) is 7.74. The van der Waals surface area contributed by atoms with Crippen molar-refractivity contribution in [1.29, 1.82) is 0 Å². The van der Waals surface area contributed by atoms with E-state index in [1.165, 1.54) is 30.3 Å². The fourth-order valence-electron chi connectivity index (χ4n) is 4.29. The zero-order chi connectivity index (χ0) is 27.0. The second-order valence-electron chi connectivity index (χ2n) is 9.31. The van der Waals surface area contributed by atoms with Gasteiger partial charge in [-0.15, -0.1) is 0 Å². The average molecular weight is 519 g/mol. The summed E-state index contributed by atoms with van der Waals surface area (Å²) in [6.45, 7) is 3.00. The van der Waals surface area contributed by atoms with Crippen molar-refractivity contribution >= 4 is 5.78 Å². The van der Waals surface area contributed by atoms with Gasteiger partial charge in [0.2, 0.25) is 12.1 Å². The monoisotopic (exact) mass is 518 g/mol. The molecule has 2 heterocycles. The number of benzene rings is 2. The number of allylic oxidation sites excluding steroid dienone is 2. The van der Waals surface area contributed by atoms with Gasteiger partial charge in [-0.3, -0.25) is 4.79 Å². The van der Waals surface area contributed by atoms with E-state index in [9.17, 15) is 40.5 Å². The van der Waals surface area contributed by atoms with E-state index in [1.807, 2.05) is 13.8 Å². The lowest BCUT2D eigenvalue weighted by atomic mass is 9.90. The molecule has 2 aromatic rings. The van der Waals surface area contributed by atoms with Crippen LogP contribution in [0.1, 0.15) is 41.4 Å². The van der Waals surface area contributed by atoms with Gasteiger partial charge in [-0.05, 0) is 38.0 Å². The number of aromatic hydroxyl groups is 2. The van der Waals surface area contributed by atoms with Gasteiger partial charge in [0.25, 0.3) is 0 Å². The van der Waals surface area contributed by atoms with Crippen LogP contribution < -0.4 is 9.47 Å².